The number of rotatable bonds is 6. The molecular weight excluding hydrogens is 297 g/mol. The van der Waals surface area contributed by atoms with E-state index in [1.807, 2.05) is 0 Å². The first-order valence-electron chi connectivity index (χ1n) is 6.88. The maximum atomic E-state index is 6.11. The fraction of sp³-hybridized carbons (Fsp3) is 0.615. The number of halogens is 2. The third-order valence-electron chi connectivity index (χ3n) is 3.77. The molecule has 1 heterocycles. The largest absolute Gasteiger partial charge is 0.367 e. The van der Waals surface area contributed by atoms with Crippen LogP contribution in [0.4, 0.5) is 11.6 Å². The van der Waals surface area contributed by atoms with Gasteiger partial charge in [-0.25, -0.2) is 10.8 Å². The number of anilines is 2. The minimum Gasteiger partial charge on any atom is -0.367 e. The van der Waals surface area contributed by atoms with Crippen molar-refractivity contribution in [1.29, 1.82) is 0 Å². The molecule has 20 heavy (non-hydrogen) atoms. The molecule has 1 saturated carbocycles. The molecule has 0 radical (unpaired) electrons. The molecule has 0 saturated heterocycles. The zero-order valence-corrected chi connectivity index (χ0v) is 13.1. The van der Waals surface area contributed by atoms with Crippen LogP contribution in [0.3, 0.4) is 0 Å². The van der Waals surface area contributed by atoms with Crippen molar-refractivity contribution >= 4 is 34.8 Å². The SMILES string of the molecule is CN(CCNc1nc(NN)c(Cl)cc1Cl)C1CCCC1. The lowest BCUT2D eigenvalue weighted by atomic mass is 10.2. The Kier molecular flexibility index (Phi) is 5.72. The van der Waals surface area contributed by atoms with E-state index < -0.39 is 0 Å². The van der Waals surface area contributed by atoms with Crippen LogP contribution < -0.4 is 16.6 Å². The summed E-state index contributed by atoms with van der Waals surface area (Å²) in [7, 11) is 2.17. The number of hydrogen-bond acceptors (Lipinski definition) is 5. The number of aromatic nitrogens is 1. The van der Waals surface area contributed by atoms with Crippen LogP contribution in [0.15, 0.2) is 6.07 Å². The lowest BCUT2D eigenvalue weighted by molar-refractivity contribution is 0.254. The topological polar surface area (TPSA) is 66.2 Å². The summed E-state index contributed by atoms with van der Waals surface area (Å²) in [6.45, 7) is 1.74. The van der Waals surface area contributed by atoms with Gasteiger partial charge in [0.15, 0.2) is 5.82 Å². The van der Waals surface area contributed by atoms with Crippen LogP contribution in [0.25, 0.3) is 0 Å². The monoisotopic (exact) mass is 317 g/mol. The molecule has 0 spiro atoms. The van der Waals surface area contributed by atoms with E-state index in [4.69, 9.17) is 29.0 Å². The van der Waals surface area contributed by atoms with Crippen LogP contribution in [0, 0.1) is 0 Å². The molecule has 1 fully saturated rings. The summed E-state index contributed by atoms with van der Waals surface area (Å²) in [5.41, 5.74) is 2.45. The first-order valence-corrected chi connectivity index (χ1v) is 7.64. The summed E-state index contributed by atoms with van der Waals surface area (Å²) >= 11 is 12.1. The van der Waals surface area contributed by atoms with Gasteiger partial charge in [0.05, 0.1) is 10.0 Å². The highest BCUT2D eigenvalue weighted by atomic mass is 35.5. The van der Waals surface area contributed by atoms with Crippen molar-refractivity contribution in [2.75, 3.05) is 30.9 Å². The van der Waals surface area contributed by atoms with Gasteiger partial charge in [-0.3, -0.25) is 0 Å². The molecule has 112 valence electrons. The lowest BCUT2D eigenvalue weighted by Gasteiger charge is -2.24. The molecular formula is C13H21Cl2N5. The van der Waals surface area contributed by atoms with Gasteiger partial charge < -0.3 is 15.6 Å². The highest BCUT2D eigenvalue weighted by molar-refractivity contribution is 6.37. The lowest BCUT2D eigenvalue weighted by Crippen LogP contribution is -2.33. The highest BCUT2D eigenvalue weighted by Crippen LogP contribution is 2.28. The molecule has 7 heteroatoms. The van der Waals surface area contributed by atoms with Gasteiger partial charge >= 0.3 is 0 Å². The molecule has 4 N–H and O–H groups in total. The van der Waals surface area contributed by atoms with E-state index in [-0.39, 0.29) is 0 Å². The smallest absolute Gasteiger partial charge is 0.161 e. The van der Waals surface area contributed by atoms with Gasteiger partial charge in [-0.1, -0.05) is 36.0 Å². The van der Waals surface area contributed by atoms with Gasteiger partial charge in [0.25, 0.3) is 0 Å². The number of nitrogens with two attached hydrogens (primary N) is 1. The summed E-state index contributed by atoms with van der Waals surface area (Å²) in [5, 5.41) is 4.14. The molecule has 1 aliphatic rings. The second-order valence-electron chi connectivity index (χ2n) is 5.14. The highest BCUT2D eigenvalue weighted by Gasteiger charge is 2.19. The number of hydrogen-bond donors (Lipinski definition) is 3. The standard InChI is InChI=1S/C13H21Cl2N5/c1-20(9-4-2-3-5-9)7-6-17-12-10(14)8-11(15)13(18-12)19-16/h8-9H,2-7,16H2,1H3,(H2,17,18,19). The number of pyridine rings is 1. The maximum absolute atomic E-state index is 6.11. The fourth-order valence-corrected chi connectivity index (χ4v) is 3.05. The van der Waals surface area contributed by atoms with Crippen molar-refractivity contribution in [1.82, 2.24) is 9.88 Å². The Labute approximate surface area is 129 Å². The average molecular weight is 318 g/mol. The minimum absolute atomic E-state index is 0.408. The summed E-state index contributed by atoms with van der Waals surface area (Å²) in [6.07, 6.45) is 5.30. The molecule has 5 nitrogen and oxygen atoms in total. The van der Waals surface area contributed by atoms with Crippen molar-refractivity contribution in [3.8, 4) is 0 Å². The third-order valence-corrected chi connectivity index (χ3v) is 4.35. The van der Waals surface area contributed by atoms with Crippen LogP contribution in [-0.4, -0.2) is 36.1 Å². The average Bonchev–Trinajstić information content (AvgIpc) is 2.95. The second kappa shape index (κ2) is 7.31. The number of nitrogen functional groups attached to an aromatic ring is 1. The molecule has 0 aliphatic heterocycles. The van der Waals surface area contributed by atoms with Gasteiger partial charge in [-0.05, 0) is 26.0 Å². The maximum Gasteiger partial charge on any atom is 0.161 e. The zero-order chi connectivity index (χ0) is 14.5. The summed E-state index contributed by atoms with van der Waals surface area (Å²) in [6, 6.07) is 2.35. The number of likely N-dealkylation sites (N-methyl/N-ethyl adjacent to an activating group) is 1. The normalized spacial score (nSPS) is 15.8. The van der Waals surface area contributed by atoms with Crippen molar-refractivity contribution in [3.05, 3.63) is 16.1 Å². The summed E-state index contributed by atoms with van der Waals surface area (Å²) in [4.78, 5) is 6.65. The van der Waals surface area contributed by atoms with Crippen molar-refractivity contribution in [2.24, 2.45) is 5.84 Å². The summed E-state index contributed by atoms with van der Waals surface area (Å²) < 4.78 is 0. The van der Waals surface area contributed by atoms with E-state index in [0.717, 1.165) is 13.1 Å². The van der Waals surface area contributed by atoms with Gasteiger partial charge in [-0.2, -0.15) is 0 Å². The van der Waals surface area contributed by atoms with Gasteiger partial charge in [-0.15, -0.1) is 0 Å². The minimum atomic E-state index is 0.408. The van der Waals surface area contributed by atoms with Gasteiger partial charge in [0, 0.05) is 19.1 Å². The molecule has 1 aromatic rings. The Bertz CT molecular complexity index is 449. The first-order chi connectivity index (χ1) is 9.61. The van der Waals surface area contributed by atoms with E-state index in [1.54, 1.807) is 6.07 Å². The molecule has 0 amide bonds. The van der Waals surface area contributed by atoms with Gasteiger partial charge in [0.2, 0.25) is 0 Å². The quantitative estimate of drug-likeness (QED) is 0.556. The molecule has 0 unspecified atom stereocenters. The van der Waals surface area contributed by atoms with E-state index in [2.05, 4.69) is 27.7 Å². The van der Waals surface area contributed by atoms with Crippen LogP contribution in [0.5, 0.6) is 0 Å². The van der Waals surface area contributed by atoms with Crippen molar-refractivity contribution < 1.29 is 0 Å². The van der Waals surface area contributed by atoms with Crippen LogP contribution in [0.1, 0.15) is 25.7 Å². The molecule has 1 aliphatic carbocycles. The Morgan fingerprint density at radius 3 is 2.60 bits per heavy atom. The van der Waals surface area contributed by atoms with Crippen molar-refractivity contribution in [3.63, 3.8) is 0 Å². The molecule has 0 atom stereocenters. The second-order valence-corrected chi connectivity index (χ2v) is 5.95. The Morgan fingerprint density at radius 2 is 1.95 bits per heavy atom. The Balaban J connectivity index is 1.87. The van der Waals surface area contributed by atoms with E-state index in [1.165, 1.54) is 25.7 Å². The number of nitrogens with one attached hydrogen (secondary N) is 2. The molecule has 0 aromatic carbocycles. The summed E-state index contributed by atoms with van der Waals surface area (Å²) in [5.74, 6) is 6.37. The van der Waals surface area contributed by atoms with Crippen LogP contribution in [-0.2, 0) is 0 Å². The van der Waals surface area contributed by atoms with E-state index in [9.17, 15) is 0 Å². The predicted octanol–water partition coefficient (Wildman–Crippen LogP) is 2.96. The first kappa shape index (κ1) is 15.6. The zero-order valence-electron chi connectivity index (χ0n) is 11.6. The number of nitrogens with zero attached hydrogens (tertiary/aromatic N) is 2. The molecule has 0 bridgehead atoms. The Hall–Kier alpha value is -0.750. The van der Waals surface area contributed by atoms with E-state index in [0.29, 0.717) is 27.7 Å². The van der Waals surface area contributed by atoms with Crippen LogP contribution in [0.2, 0.25) is 10.0 Å². The molecule has 1 aromatic heterocycles. The Morgan fingerprint density at radius 1 is 1.30 bits per heavy atom. The third kappa shape index (κ3) is 3.88. The molecule has 2 rings (SSSR count). The van der Waals surface area contributed by atoms with Gasteiger partial charge in [0.1, 0.15) is 5.82 Å². The number of hydrazine groups is 1. The van der Waals surface area contributed by atoms with Crippen molar-refractivity contribution in [2.45, 2.75) is 31.7 Å². The fourth-order valence-electron chi connectivity index (χ4n) is 2.57. The van der Waals surface area contributed by atoms with Crippen LogP contribution >= 0.6 is 23.2 Å². The van der Waals surface area contributed by atoms with E-state index >= 15 is 0 Å². The predicted molar refractivity (Wildman–Crippen MR) is 85.4 cm³/mol.